The first-order valence-electron chi connectivity index (χ1n) is 9.60. The van der Waals surface area contributed by atoms with E-state index in [1.807, 2.05) is 34.6 Å². The summed E-state index contributed by atoms with van der Waals surface area (Å²) in [6.07, 6.45) is 1.39. The van der Waals surface area contributed by atoms with Crippen molar-refractivity contribution in [3.63, 3.8) is 0 Å². The maximum Gasteiger partial charge on any atom is 0.255 e. The van der Waals surface area contributed by atoms with Crippen LogP contribution in [-0.2, 0) is 10.0 Å². The number of H-pyrrole nitrogens is 1. The molecule has 0 spiro atoms. The molecule has 8 heteroatoms. The van der Waals surface area contributed by atoms with Gasteiger partial charge in [0.05, 0.1) is 10.5 Å². The number of sulfonamides is 1. The van der Waals surface area contributed by atoms with Crippen LogP contribution in [0.15, 0.2) is 28.0 Å². The van der Waals surface area contributed by atoms with Crippen molar-refractivity contribution in [3.05, 3.63) is 62.1 Å². The highest BCUT2D eigenvalue weighted by atomic mass is 32.2. The third-order valence-electron chi connectivity index (χ3n) is 6.09. The van der Waals surface area contributed by atoms with Gasteiger partial charge < -0.3 is 9.88 Å². The largest absolute Gasteiger partial charge is 0.336 e. The van der Waals surface area contributed by atoms with Gasteiger partial charge in [0.2, 0.25) is 15.6 Å². The minimum Gasteiger partial charge on any atom is -0.336 e. The average Bonchev–Trinajstić information content (AvgIpc) is 2.71. The number of nitrogens with one attached hydrogen (secondary N) is 1. The molecule has 0 saturated carbocycles. The van der Waals surface area contributed by atoms with Crippen LogP contribution in [0.5, 0.6) is 0 Å². The van der Waals surface area contributed by atoms with E-state index in [-0.39, 0.29) is 24.6 Å². The maximum absolute atomic E-state index is 13.4. The molecule has 1 amide bonds. The first kappa shape index (κ1) is 21.3. The minimum absolute atomic E-state index is 0.215. The molecule has 0 aliphatic carbocycles. The Morgan fingerprint density at radius 3 is 1.86 bits per heavy atom. The zero-order chi connectivity index (χ0) is 21.5. The number of hydrogen-bond acceptors (Lipinski definition) is 4. The summed E-state index contributed by atoms with van der Waals surface area (Å²) >= 11 is 0. The topological polar surface area (TPSA) is 90.6 Å². The Hall–Kier alpha value is -2.45. The lowest BCUT2D eigenvalue weighted by Gasteiger charge is -2.35. The molecule has 0 unspecified atom stereocenters. The third-order valence-corrected chi connectivity index (χ3v) is 8.26. The van der Waals surface area contributed by atoms with E-state index in [0.717, 1.165) is 27.8 Å². The highest BCUT2D eigenvalue weighted by Crippen LogP contribution is 2.32. The minimum atomic E-state index is -3.66. The van der Waals surface area contributed by atoms with Crippen molar-refractivity contribution in [1.82, 2.24) is 14.2 Å². The Balaban J connectivity index is 1.83. The number of carbonyl (C=O) groups is 1. The molecule has 1 aliphatic rings. The monoisotopic (exact) mass is 417 g/mol. The van der Waals surface area contributed by atoms with Gasteiger partial charge in [0.25, 0.3) is 5.91 Å². The Bertz CT molecular complexity index is 1080. The van der Waals surface area contributed by atoms with Crippen LogP contribution in [0.2, 0.25) is 0 Å². The van der Waals surface area contributed by atoms with Crippen LogP contribution in [-0.4, -0.2) is 54.7 Å². The molecule has 1 N–H and O–H groups in total. The summed E-state index contributed by atoms with van der Waals surface area (Å²) in [6.45, 7) is 10.7. The number of pyridine rings is 1. The molecule has 1 saturated heterocycles. The standard InChI is InChI=1S/C21H27N3O4S/c1-13-14(2)16(4)20(17(5)15(13)3)29(27,28)24-10-8-23(9-11-24)21(26)18-6-7-19(25)22-12-18/h6-7,12H,8-11H2,1-5H3,(H,22,25). The van der Waals surface area contributed by atoms with E-state index in [9.17, 15) is 18.0 Å². The van der Waals surface area contributed by atoms with Gasteiger partial charge in [-0.15, -0.1) is 0 Å². The normalized spacial score (nSPS) is 15.6. The zero-order valence-corrected chi connectivity index (χ0v) is 18.3. The van der Waals surface area contributed by atoms with Crippen molar-refractivity contribution in [2.24, 2.45) is 0 Å². The predicted molar refractivity (Wildman–Crippen MR) is 112 cm³/mol. The molecule has 29 heavy (non-hydrogen) atoms. The average molecular weight is 418 g/mol. The third kappa shape index (κ3) is 3.74. The number of piperazine rings is 1. The molecular weight excluding hydrogens is 390 g/mol. The second kappa shape index (κ2) is 7.76. The van der Waals surface area contributed by atoms with Crippen molar-refractivity contribution >= 4 is 15.9 Å². The summed E-state index contributed by atoms with van der Waals surface area (Å²) in [7, 11) is -3.66. The van der Waals surface area contributed by atoms with E-state index in [4.69, 9.17) is 0 Å². The van der Waals surface area contributed by atoms with Crippen molar-refractivity contribution in [3.8, 4) is 0 Å². The molecule has 1 aromatic carbocycles. The number of carbonyl (C=O) groups excluding carboxylic acids is 1. The van der Waals surface area contributed by atoms with Crippen LogP contribution in [0.25, 0.3) is 0 Å². The summed E-state index contributed by atoms with van der Waals surface area (Å²) in [5, 5.41) is 0. The molecule has 156 valence electrons. The van der Waals surface area contributed by atoms with Gasteiger partial charge in [-0.3, -0.25) is 9.59 Å². The van der Waals surface area contributed by atoms with Crippen molar-refractivity contribution in [2.75, 3.05) is 26.2 Å². The van der Waals surface area contributed by atoms with Gasteiger partial charge in [-0.2, -0.15) is 4.31 Å². The van der Waals surface area contributed by atoms with Crippen LogP contribution in [0.3, 0.4) is 0 Å². The number of amides is 1. The van der Waals surface area contributed by atoms with Crippen LogP contribution in [0.4, 0.5) is 0 Å². The molecule has 1 aromatic heterocycles. The molecule has 2 aromatic rings. The number of nitrogens with zero attached hydrogens (tertiary/aromatic N) is 2. The van der Waals surface area contributed by atoms with E-state index < -0.39 is 10.0 Å². The lowest BCUT2D eigenvalue weighted by molar-refractivity contribution is 0.0697. The van der Waals surface area contributed by atoms with E-state index in [0.29, 0.717) is 23.5 Å². The van der Waals surface area contributed by atoms with Crippen LogP contribution in [0, 0.1) is 34.6 Å². The quantitative estimate of drug-likeness (QED) is 0.828. The SMILES string of the molecule is Cc1c(C)c(C)c(S(=O)(=O)N2CCN(C(=O)c3ccc(=O)[nH]c3)CC2)c(C)c1C. The molecule has 2 heterocycles. The molecule has 0 bridgehead atoms. The second-order valence-corrected chi connectivity index (χ2v) is 9.47. The molecule has 1 aliphatic heterocycles. The van der Waals surface area contributed by atoms with Crippen LogP contribution in [0.1, 0.15) is 38.2 Å². The highest BCUT2D eigenvalue weighted by Gasteiger charge is 2.33. The van der Waals surface area contributed by atoms with Gasteiger partial charge >= 0.3 is 0 Å². The number of benzene rings is 1. The lowest BCUT2D eigenvalue weighted by atomic mass is 9.95. The Morgan fingerprint density at radius 2 is 1.38 bits per heavy atom. The predicted octanol–water partition coefficient (Wildman–Crippen LogP) is 2.06. The number of hydrogen-bond donors (Lipinski definition) is 1. The molecule has 7 nitrogen and oxygen atoms in total. The van der Waals surface area contributed by atoms with E-state index in [1.165, 1.54) is 22.6 Å². The number of aromatic nitrogens is 1. The lowest BCUT2D eigenvalue weighted by Crippen LogP contribution is -2.50. The van der Waals surface area contributed by atoms with Gasteiger partial charge in [0.1, 0.15) is 0 Å². The molecule has 1 fully saturated rings. The molecule has 3 rings (SSSR count). The summed E-state index contributed by atoms with van der Waals surface area (Å²) in [6, 6.07) is 2.79. The van der Waals surface area contributed by atoms with Crippen LogP contribution >= 0.6 is 0 Å². The van der Waals surface area contributed by atoms with E-state index in [1.54, 1.807) is 4.90 Å². The molecule has 0 radical (unpaired) electrons. The summed E-state index contributed by atoms with van der Waals surface area (Å²) in [5.41, 5.74) is 4.81. The summed E-state index contributed by atoms with van der Waals surface area (Å²) in [4.78, 5) is 28.3. The Morgan fingerprint density at radius 1 is 0.862 bits per heavy atom. The fraction of sp³-hybridized carbons (Fsp3) is 0.429. The van der Waals surface area contributed by atoms with E-state index in [2.05, 4.69) is 4.98 Å². The van der Waals surface area contributed by atoms with Gasteiger partial charge in [-0.25, -0.2) is 8.42 Å². The maximum atomic E-state index is 13.4. The van der Waals surface area contributed by atoms with Gasteiger partial charge in [-0.1, -0.05) is 0 Å². The zero-order valence-electron chi connectivity index (χ0n) is 17.5. The Kier molecular flexibility index (Phi) is 5.69. The Labute approximate surface area is 171 Å². The van der Waals surface area contributed by atoms with Crippen molar-refractivity contribution < 1.29 is 13.2 Å². The number of rotatable bonds is 3. The summed E-state index contributed by atoms with van der Waals surface area (Å²) in [5.74, 6) is -0.215. The fourth-order valence-electron chi connectivity index (χ4n) is 3.84. The summed E-state index contributed by atoms with van der Waals surface area (Å²) < 4.78 is 28.3. The van der Waals surface area contributed by atoms with Gasteiger partial charge in [0, 0.05) is 38.4 Å². The second-order valence-electron chi connectivity index (χ2n) is 7.59. The molecular formula is C21H27N3O4S. The van der Waals surface area contributed by atoms with Gasteiger partial charge in [0.15, 0.2) is 0 Å². The van der Waals surface area contributed by atoms with Crippen molar-refractivity contribution in [2.45, 2.75) is 39.5 Å². The van der Waals surface area contributed by atoms with Crippen molar-refractivity contribution in [1.29, 1.82) is 0 Å². The van der Waals surface area contributed by atoms with Gasteiger partial charge in [-0.05, 0) is 68.5 Å². The van der Waals surface area contributed by atoms with Crippen LogP contribution < -0.4 is 5.56 Å². The highest BCUT2D eigenvalue weighted by molar-refractivity contribution is 7.89. The molecule has 0 atom stereocenters. The number of aromatic amines is 1. The smallest absolute Gasteiger partial charge is 0.255 e. The van der Waals surface area contributed by atoms with E-state index >= 15 is 0 Å². The first-order valence-corrected chi connectivity index (χ1v) is 11.0. The first-order chi connectivity index (χ1) is 13.6. The fourth-order valence-corrected chi connectivity index (χ4v) is 5.82.